The summed E-state index contributed by atoms with van der Waals surface area (Å²) in [5.74, 6) is -0.538. The number of nitrogens with zero attached hydrogens (tertiary/aromatic N) is 1. The van der Waals surface area contributed by atoms with E-state index in [1.54, 1.807) is 61.5 Å². The predicted octanol–water partition coefficient (Wildman–Crippen LogP) is 3.88. The molecule has 0 spiro atoms. The molecule has 0 N–H and O–H groups in total. The van der Waals surface area contributed by atoms with Gasteiger partial charge in [0.2, 0.25) is 10.0 Å². The molecule has 5 nitrogen and oxygen atoms in total. The van der Waals surface area contributed by atoms with Crippen LogP contribution in [0.2, 0.25) is 5.02 Å². The Morgan fingerprint density at radius 3 is 2.48 bits per heavy atom. The lowest BCUT2D eigenvalue weighted by atomic mass is 10.0. The highest BCUT2D eigenvalue weighted by molar-refractivity contribution is 7.89. The maximum Gasteiger partial charge on any atom is 0.335 e. The van der Waals surface area contributed by atoms with Crippen LogP contribution in [0, 0.1) is 6.92 Å². The van der Waals surface area contributed by atoms with E-state index < -0.39 is 22.0 Å². The van der Waals surface area contributed by atoms with E-state index >= 15 is 0 Å². The van der Waals surface area contributed by atoms with Crippen molar-refractivity contribution in [2.45, 2.75) is 24.8 Å². The summed E-state index contributed by atoms with van der Waals surface area (Å²) in [7, 11) is -3.84. The second-order valence-corrected chi connectivity index (χ2v) is 8.49. The standard InChI is InChI=1S/C20H20ClNO4S/c1-3-26-20(23)17-12-13-22(19(17)16-6-4-5-7-18(16)21)27(24,25)15-10-8-14(2)9-11-15/h4-12,19H,3,13H2,1-2H3/t19-/m0/s1. The Kier molecular flexibility index (Phi) is 5.69. The molecule has 1 heterocycles. The van der Waals surface area contributed by atoms with Gasteiger partial charge in [0, 0.05) is 11.6 Å². The molecule has 27 heavy (non-hydrogen) atoms. The zero-order valence-electron chi connectivity index (χ0n) is 15.1. The molecule has 0 unspecified atom stereocenters. The normalized spacial score (nSPS) is 17.6. The summed E-state index contributed by atoms with van der Waals surface area (Å²) in [6.07, 6.45) is 1.59. The lowest BCUT2D eigenvalue weighted by molar-refractivity contribution is -0.138. The number of rotatable bonds is 5. The van der Waals surface area contributed by atoms with E-state index in [1.165, 1.54) is 4.31 Å². The Bertz CT molecular complexity index is 983. The summed E-state index contributed by atoms with van der Waals surface area (Å²) < 4.78 is 32.9. The molecule has 3 rings (SSSR count). The highest BCUT2D eigenvalue weighted by atomic mass is 35.5. The van der Waals surface area contributed by atoms with E-state index in [2.05, 4.69) is 0 Å². The monoisotopic (exact) mass is 405 g/mol. The molecule has 0 radical (unpaired) electrons. The number of halogens is 1. The maximum absolute atomic E-state index is 13.3. The van der Waals surface area contributed by atoms with Gasteiger partial charge in [-0.2, -0.15) is 4.31 Å². The van der Waals surface area contributed by atoms with Crippen molar-refractivity contribution in [1.29, 1.82) is 0 Å². The quantitative estimate of drug-likeness (QED) is 0.708. The van der Waals surface area contributed by atoms with Gasteiger partial charge in [-0.05, 0) is 37.6 Å². The van der Waals surface area contributed by atoms with Crippen LogP contribution in [0.25, 0.3) is 0 Å². The average Bonchev–Trinajstić information content (AvgIpc) is 3.08. The van der Waals surface area contributed by atoms with Crippen LogP contribution in [0.4, 0.5) is 0 Å². The number of benzene rings is 2. The first-order valence-electron chi connectivity index (χ1n) is 8.56. The summed E-state index contributed by atoms with van der Waals surface area (Å²) in [4.78, 5) is 12.6. The Labute approximate surface area is 164 Å². The van der Waals surface area contributed by atoms with Gasteiger partial charge in [-0.3, -0.25) is 0 Å². The van der Waals surface area contributed by atoms with Crippen molar-refractivity contribution in [2.24, 2.45) is 0 Å². The number of aryl methyl sites for hydroxylation is 1. The summed E-state index contributed by atoms with van der Waals surface area (Å²) in [6, 6.07) is 12.7. The van der Waals surface area contributed by atoms with Gasteiger partial charge in [0.1, 0.15) is 0 Å². The molecule has 1 aliphatic heterocycles. The van der Waals surface area contributed by atoms with Gasteiger partial charge in [-0.25, -0.2) is 13.2 Å². The first-order chi connectivity index (χ1) is 12.9. The van der Waals surface area contributed by atoms with E-state index in [1.807, 2.05) is 6.92 Å². The van der Waals surface area contributed by atoms with Crippen LogP contribution in [0.1, 0.15) is 24.1 Å². The minimum atomic E-state index is -3.84. The number of carbonyl (C=O) groups excluding carboxylic acids is 1. The second-order valence-electron chi connectivity index (χ2n) is 6.19. The van der Waals surface area contributed by atoms with Crippen molar-refractivity contribution in [3.05, 3.63) is 76.3 Å². The molecular formula is C20H20ClNO4S. The van der Waals surface area contributed by atoms with E-state index in [-0.39, 0.29) is 23.6 Å². The average molecular weight is 406 g/mol. The molecule has 0 aliphatic carbocycles. The zero-order chi connectivity index (χ0) is 19.6. The fourth-order valence-corrected chi connectivity index (χ4v) is 4.84. The van der Waals surface area contributed by atoms with Gasteiger partial charge in [0.05, 0.1) is 23.1 Å². The zero-order valence-corrected chi connectivity index (χ0v) is 16.6. The molecule has 0 amide bonds. The third kappa shape index (κ3) is 3.78. The predicted molar refractivity (Wildman–Crippen MR) is 104 cm³/mol. The summed E-state index contributed by atoms with van der Waals surface area (Å²) in [5.41, 5.74) is 1.79. The number of esters is 1. The highest BCUT2D eigenvalue weighted by Gasteiger charge is 2.41. The van der Waals surface area contributed by atoms with Crippen molar-refractivity contribution >= 4 is 27.6 Å². The first kappa shape index (κ1) is 19.6. The van der Waals surface area contributed by atoms with Crippen LogP contribution < -0.4 is 0 Å². The van der Waals surface area contributed by atoms with Crippen molar-refractivity contribution in [1.82, 2.24) is 4.31 Å². The van der Waals surface area contributed by atoms with Crippen molar-refractivity contribution in [3.8, 4) is 0 Å². The maximum atomic E-state index is 13.3. The Balaban J connectivity index is 2.08. The number of carbonyl (C=O) groups is 1. The minimum absolute atomic E-state index is 0.0697. The molecule has 0 saturated carbocycles. The molecule has 2 aromatic rings. The Hall–Kier alpha value is -2.15. The SMILES string of the molecule is CCOC(=O)C1=CCN(S(=O)(=O)c2ccc(C)cc2)[C@H]1c1ccccc1Cl. The van der Waals surface area contributed by atoms with Crippen molar-refractivity contribution in [2.75, 3.05) is 13.2 Å². The lowest BCUT2D eigenvalue weighted by Crippen LogP contribution is -2.33. The highest BCUT2D eigenvalue weighted by Crippen LogP contribution is 2.40. The van der Waals surface area contributed by atoms with Crippen LogP contribution in [0.15, 0.2) is 65.1 Å². The molecule has 1 atom stereocenters. The van der Waals surface area contributed by atoms with Gasteiger partial charge < -0.3 is 4.74 Å². The second kappa shape index (κ2) is 7.84. The van der Waals surface area contributed by atoms with Crippen LogP contribution in [0.3, 0.4) is 0 Å². The molecule has 0 saturated heterocycles. The van der Waals surface area contributed by atoms with Gasteiger partial charge in [0.15, 0.2) is 0 Å². The van der Waals surface area contributed by atoms with Crippen LogP contribution in [-0.4, -0.2) is 31.8 Å². The van der Waals surface area contributed by atoms with Gasteiger partial charge >= 0.3 is 5.97 Å². The van der Waals surface area contributed by atoms with Gasteiger partial charge in [-0.1, -0.05) is 53.6 Å². The molecule has 1 aliphatic rings. The summed E-state index contributed by atoms with van der Waals surface area (Å²) in [5, 5.41) is 0.392. The lowest BCUT2D eigenvalue weighted by Gasteiger charge is -2.27. The molecule has 7 heteroatoms. The summed E-state index contributed by atoms with van der Waals surface area (Å²) >= 11 is 6.33. The fraction of sp³-hybridized carbons (Fsp3) is 0.250. The molecule has 142 valence electrons. The molecule has 0 fully saturated rings. The minimum Gasteiger partial charge on any atom is -0.463 e. The Morgan fingerprint density at radius 1 is 1.19 bits per heavy atom. The van der Waals surface area contributed by atoms with E-state index in [9.17, 15) is 13.2 Å². The van der Waals surface area contributed by atoms with E-state index in [4.69, 9.17) is 16.3 Å². The molecule has 0 bridgehead atoms. The Morgan fingerprint density at radius 2 is 1.85 bits per heavy atom. The molecule has 0 aromatic heterocycles. The number of hydrogen-bond acceptors (Lipinski definition) is 4. The topological polar surface area (TPSA) is 63.7 Å². The molecule has 2 aromatic carbocycles. The van der Waals surface area contributed by atoms with Gasteiger partial charge in [-0.15, -0.1) is 0 Å². The van der Waals surface area contributed by atoms with E-state index in [0.29, 0.717) is 10.6 Å². The van der Waals surface area contributed by atoms with Crippen LogP contribution in [0.5, 0.6) is 0 Å². The van der Waals surface area contributed by atoms with Crippen molar-refractivity contribution < 1.29 is 17.9 Å². The largest absolute Gasteiger partial charge is 0.463 e. The van der Waals surface area contributed by atoms with E-state index in [0.717, 1.165) is 5.56 Å². The first-order valence-corrected chi connectivity index (χ1v) is 10.4. The van der Waals surface area contributed by atoms with Crippen molar-refractivity contribution in [3.63, 3.8) is 0 Å². The third-order valence-corrected chi connectivity index (χ3v) is 6.60. The van der Waals surface area contributed by atoms with Gasteiger partial charge in [0.25, 0.3) is 0 Å². The number of hydrogen-bond donors (Lipinski definition) is 0. The molecular weight excluding hydrogens is 386 g/mol. The van der Waals surface area contributed by atoms with Crippen LogP contribution in [-0.2, 0) is 19.6 Å². The number of ether oxygens (including phenoxy) is 1. The smallest absolute Gasteiger partial charge is 0.335 e. The third-order valence-electron chi connectivity index (χ3n) is 4.41. The number of sulfonamides is 1. The van der Waals surface area contributed by atoms with Crippen LogP contribution >= 0.6 is 11.6 Å². The fourth-order valence-electron chi connectivity index (χ4n) is 3.07. The summed E-state index contributed by atoms with van der Waals surface area (Å²) in [6.45, 7) is 3.87.